The van der Waals surface area contributed by atoms with Crippen LogP contribution < -0.4 is 20.5 Å². The molecule has 1 aliphatic carbocycles. The molecule has 1 amide bonds. The summed E-state index contributed by atoms with van der Waals surface area (Å²) in [5.74, 6) is 1.32. The van der Waals surface area contributed by atoms with E-state index in [0.29, 0.717) is 32.7 Å². The fourth-order valence-corrected chi connectivity index (χ4v) is 4.24. The van der Waals surface area contributed by atoms with E-state index in [1.54, 1.807) is 19.2 Å². The summed E-state index contributed by atoms with van der Waals surface area (Å²) in [5.41, 5.74) is 7.12. The Bertz CT molecular complexity index is 1130. The van der Waals surface area contributed by atoms with E-state index in [2.05, 4.69) is 15.3 Å². The number of nitrogens with two attached hydrogens (primary N) is 1. The Morgan fingerprint density at radius 3 is 2.61 bits per heavy atom. The van der Waals surface area contributed by atoms with E-state index < -0.39 is 5.91 Å². The SMILES string of the molecule is COc1ccc(-c2nc(C(=O)NCc3c(Cl)cncc3Cl)c(CN)o2)cc1OC1CCCC1. The third-order valence-corrected chi connectivity index (χ3v) is 6.13. The minimum atomic E-state index is -0.453. The highest BCUT2D eigenvalue weighted by atomic mass is 35.5. The molecule has 2 aromatic heterocycles. The number of benzene rings is 1. The van der Waals surface area contributed by atoms with E-state index >= 15 is 0 Å². The fourth-order valence-electron chi connectivity index (χ4n) is 3.74. The van der Waals surface area contributed by atoms with E-state index in [1.807, 2.05) is 6.07 Å². The van der Waals surface area contributed by atoms with Gasteiger partial charge in [-0.2, -0.15) is 0 Å². The molecule has 0 unspecified atom stereocenters. The molecule has 0 atom stereocenters. The number of nitrogens with zero attached hydrogens (tertiary/aromatic N) is 2. The van der Waals surface area contributed by atoms with Crippen molar-refractivity contribution in [3.05, 3.63) is 57.7 Å². The molecule has 1 aliphatic rings. The van der Waals surface area contributed by atoms with Crippen LogP contribution in [-0.4, -0.2) is 29.1 Å². The van der Waals surface area contributed by atoms with Crippen LogP contribution in [0.3, 0.4) is 0 Å². The van der Waals surface area contributed by atoms with Gasteiger partial charge >= 0.3 is 0 Å². The van der Waals surface area contributed by atoms with Gasteiger partial charge in [0.25, 0.3) is 5.91 Å². The first-order valence-corrected chi connectivity index (χ1v) is 11.4. The maximum atomic E-state index is 12.8. The highest BCUT2D eigenvalue weighted by Gasteiger charge is 2.23. The summed E-state index contributed by atoms with van der Waals surface area (Å²) in [5, 5.41) is 3.47. The summed E-state index contributed by atoms with van der Waals surface area (Å²) < 4.78 is 17.4. The van der Waals surface area contributed by atoms with Crippen LogP contribution in [-0.2, 0) is 13.1 Å². The van der Waals surface area contributed by atoms with E-state index in [4.69, 9.17) is 42.8 Å². The molecule has 8 nitrogen and oxygen atoms in total. The number of carbonyl (C=O) groups is 1. The van der Waals surface area contributed by atoms with Crippen molar-refractivity contribution in [3.63, 3.8) is 0 Å². The molecule has 0 spiro atoms. The number of nitrogens with one attached hydrogen (secondary N) is 1. The van der Waals surface area contributed by atoms with E-state index in [9.17, 15) is 4.79 Å². The van der Waals surface area contributed by atoms with Gasteiger partial charge in [-0.05, 0) is 43.9 Å². The molecule has 0 saturated heterocycles. The number of hydrogen-bond acceptors (Lipinski definition) is 7. The van der Waals surface area contributed by atoms with Crippen molar-refractivity contribution >= 4 is 29.1 Å². The third kappa shape index (κ3) is 5.24. The monoisotopic (exact) mass is 490 g/mol. The van der Waals surface area contributed by atoms with Crippen molar-refractivity contribution in [2.45, 2.75) is 44.9 Å². The Morgan fingerprint density at radius 1 is 1.21 bits per heavy atom. The summed E-state index contributed by atoms with van der Waals surface area (Å²) in [6.07, 6.45) is 7.42. The molecule has 33 heavy (non-hydrogen) atoms. The second kappa shape index (κ2) is 10.4. The summed E-state index contributed by atoms with van der Waals surface area (Å²) in [7, 11) is 1.60. The average molecular weight is 491 g/mol. The highest BCUT2D eigenvalue weighted by molar-refractivity contribution is 6.35. The zero-order valence-corrected chi connectivity index (χ0v) is 19.6. The first-order valence-electron chi connectivity index (χ1n) is 10.6. The topological polar surface area (TPSA) is 112 Å². The van der Waals surface area contributed by atoms with Gasteiger partial charge in [0.15, 0.2) is 23.0 Å². The first-order chi connectivity index (χ1) is 16.0. The molecule has 174 valence electrons. The molecule has 2 heterocycles. The van der Waals surface area contributed by atoms with Gasteiger partial charge < -0.3 is 24.9 Å². The Kier molecular flexibility index (Phi) is 7.37. The van der Waals surface area contributed by atoms with Crippen LogP contribution in [0.1, 0.15) is 47.5 Å². The van der Waals surface area contributed by atoms with Crippen molar-refractivity contribution in [2.24, 2.45) is 5.73 Å². The Labute approximate surface area is 201 Å². The largest absolute Gasteiger partial charge is 0.493 e. The molecule has 1 fully saturated rings. The van der Waals surface area contributed by atoms with Crippen LogP contribution >= 0.6 is 23.2 Å². The molecule has 10 heteroatoms. The number of aromatic nitrogens is 2. The predicted molar refractivity (Wildman–Crippen MR) is 125 cm³/mol. The Hall–Kier alpha value is -2.81. The number of pyridine rings is 1. The zero-order chi connectivity index (χ0) is 23.4. The normalized spacial score (nSPS) is 13.8. The molecule has 1 saturated carbocycles. The third-order valence-electron chi connectivity index (χ3n) is 5.48. The molecule has 0 aliphatic heterocycles. The van der Waals surface area contributed by atoms with Gasteiger partial charge in [0.1, 0.15) is 0 Å². The number of carbonyl (C=O) groups excluding carboxylic acids is 1. The lowest BCUT2D eigenvalue weighted by Gasteiger charge is -2.16. The quantitative estimate of drug-likeness (QED) is 0.467. The maximum Gasteiger partial charge on any atom is 0.273 e. The molecule has 0 radical (unpaired) electrons. The lowest BCUT2D eigenvalue weighted by molar-refractivity contribution is 0.0944. The number of methoxy groups -OCH3 is 1. The standard InChI is InChI=1S/C23H24Cl2N4O4/c1-31-18-7-6-13(8-19(18)32-14-4-2-3-5-14)23-29-21(20(9-26)33-23)22(30)28-10-15-16(24)11-27-12-17(15)25/h6-8,11-12,14H,2-5,9-10,26H2,1H3,(H,28,30). The lowest BCUT2D eigenvalue weighted by atomic mass is 10.2. The second-order valence-electron chi connectivity index (χ2n) is 7.65. The minimum absolute atomic E-state index is 0.00804. The van der Waals surface area contributed by atoms with Crippen molar-refractivity contribution in [3.8, 4) is 23.0 Å². The van der Waals surface area contributed by atoms with Gasteiger partial charge in [0, 0.05) is 30.1 Å². The van der Waals surface area contributed by atoms with Crippen LogP contribution in [0.2, 0.25) is 10.0 Å². The Morgan fingerprint density at radius 2 is 1.94 bits per heavy atom. The van der Waals surface area contributed by atoms with Crippen molar-refractivity contribution < 1.29 is 18.7 Å². The zero-order valence-electron chi connectivity index (χ0n) is 18.1. The number of halogens is 2. The predicted octanol–water partition coefficient (Wildman–Crippen LogP) is 4.76. The van der Waals surface area contributed by atoms with Gasteiger partial charge in [-0.25, -0.2) is 4.98 Å². The van der Waals surface area contributed by atoms with Crippen molar-refractivity contribution in [1.82, 2.24) is 15.3 Å². The van der Waals surface area contributed by atoms with Gasteiger partial charge in [-0.3, -0.25) is 9.78 Å². The average Bonchev–Trinajstić information content (AvgIpc) is 3.48. The first kappa shape index (κ1) is 23.4. The van der Waals surface area contributed by atoms with Crippen LogP contribution in [0.5, 0.6) is 11.5 Å². The van der Waals surface area contributed by atoms with Gasteiger partial charge in [0.05, 0.1) is 29.8 Å². The smallest absolute Gasteiger partial charge is 0.273 e. The van der Waals surface area contributed by atoms with E-state index in [-0.39, 0.29) is 36.5 Å². The molecular formula is C23H24Cl2N4O4. The number of hydrogen-bond donors (Lipinski definition) is 2. The summed E-state index contributed by atoms with van der Waals surface area (Å²) in [6, 6.07) is 5.39. The number of ether oxygens (including phenoxy) is 2. The minimum Gasteiger partial charge on any atom is -0.493 e. The summed E-state index contributed by atoms with van der Waals surface area (Å²) >= 11 is 12.3. The van der Waals surface area contributed by atoms with Crippen LogP contribution in [0.4, 0.5) is 0 Å². The van der Waals surface area contributed by atoms with Gasteiger partial charge in [-0.1, -0.05) is 23.2 Å². The summed E-state index contributed by atoms with van der Waals surface area (Å²) in [4.78, 5) is 21.1. The number of rotatable bonds is 8. The fraction of sp³-hybridized carbons (Fsp3) is 0.348. The van der Waals surface area contributed by atoms with E-state index in [0.717, 1.165) is 25.7 Å². The van der Waals surface area contributed by atoms with Gasteiger partial charge in [0.2, 0.25) is 5.89 Å². The second-order valence-corrected chi connectivity index (χ2v) is 8.46. The molecular weight excluding hydrogens is 467 g/mol. The van der Waals surface area contributed by atoms with E-state index in [1.165, 1.54) is 12.4 Å². The number of oxazole rings is 1. The maximum absolute atomic E-state index is 12.8. The number of amides is 1. The molecule has 4 rings (SSSR count). The molecule has 1 aromatic carbocycles. The van der Waals surface area contributed by atoms with Crippen LogP contribution in [0, 0.1) is 0 Å². The van der Waals surface area contributed by atoms with Crippen molar-refractivity contribution in [1.29, 1.82) is 0 Å². The Balaban J connectivity index is 1.56. The van der Waals surface area contributed by atoms with Gasteiger partial charge in [-0.15, -0.1) is 0 Å². The summed E-state index contributed by atoms with van der Waals surface area (Å²) in [6.45, 7) is 0.112. The lowest BCUT2D eigenvalue weighted by Crippen LogP contribution is -2.25. The highest BCUT2D eigenvalue weighted by Crippen LogP contribution is 2.35. The molecule has 0 bridgehead atoms. The van der Waals surface area contributed by atoms with Crippen LogP contribution in [0.15, 0.2) is 35.0 Å². The molecule has 3 aromatic rings. The van der Waals surface area contributed by atoms with Crippen LogP contribution in [0.25, 0.3) is 11.5 Å². The molecule has 3 N–H and O–H groups in total. The van der Waals surface area contributed by atoms with Crippen molar-refractivity contribution in [2.75, 3.05) is 7.11 Å².